The Morgan fingerprint density at radius 3 is 2.54 bits per heavy atom. The second kappa shape index (κ2) is 9.46. The van der Waals surface area contributed by atoms with Crippen molar-refractivity contribution >= 4 is 40.7 Å². The third kappa shape index (κ3) is 5.13. The molecule has 0 spiro atoms. The van der Waals surface area contributed by atoms with E-state index in [0.717, 1.165) is 0 Å². The van der Waals surface area contributed by atoms with Gasteiger partial charge in [-0.25, -0.2) is 0 Å². The number of amides is 2. The second-order valence-electron chi connectivity index (χ2n) is 5.60. The second-order valence-corrected chi connectivity index (χ2v) is 6.44. The lowest BCUT2D eigenvalue weighted by atomic mass is 10.2. The van der Waals surface area contributed by atoms with Crippen molar-refractivity contribution in [3.63, 3.8) is 0 Å². The topological polar surface area (TPSA) is 58.6 Å². The van der Waals surface area contributed by atoms with E-state index in [1.165, 1.54) is 18.1 Å². The van der Waals surface area contributed by atoms with Crippen LogP contribution in [0.5, 0.6) is 5.75 Å². The molecule has 0 unspecified atom stereocenters. The zero-order valence-electron chi connectivity index (χ0n) is 14.6. The molecule has 0 radical (unpaired) electrons. The summed E-state index contributed by atoms with van der Waals surface area (Å²) < 4.78 is 5.22. The van der Waals surface area contributed by atoms with Gasteiger partial charge in [-0.2, -0.15) is 0 Å². The Hall–Kier alpha value is -2.24. The lowest BCUT2D eigenvalue weighted by molar-refractivity contribution is -0.116. The molecule has 5 nitrogen and oxygen atoms in total. The average Bonchev–Trinajstić information content (AvgIpc) is 2.61. The molecular weight excluding hydrogens is 375 g/mol. The van der Waals surface area contributed by atoms with Gasteiger partial charge in [0.1, 0.15) is 12.3 Å². The van der Waals surface area contributed by atoms with Crippen LogP contribution in [0.4, 0.5) is 5.69 Å². The van der Waals surface area contributed by atoms with Crippen LogP contribution in [0.15, 0.2) is 42.5 Å². The molecule has 2 aromatic rings. The maximum absolute atomic E-state index is 12.8. The van der Waals surface area contributed by atoms with Gasteiger partial charge in [-0.3, -0.25) is 9.59 Å². The first-order valence-electron chi connectivity index (χ1n) is 8.13. The van der Waals surface area contributed by atoms with Crippen molar-refractivity contribution in [3.05, 3.63) is 58.1 Å². The van der Waals surface area contributed by atoms with Crippen LogP contribution < -0.4 is 10.1 Å². The number of nitrogens with one attached hydrogen (secondary N) is 1. The van der Waals surface area contributed by atoms with Crippen LogP contribution in [-0.2, 0) is 4.79 Å². The third-order valence-electron chi connectivity index (χ3n) is 3.66. The number of para-hydroxylation sites is 2. The van der Waals surface area contributed by atoms with Crippen LogP contribution in [-0.4, -0.2) is 36.9 Å². The monoisotopic (exact) mass is 394 g/mol. The molecule has 26 heavy (non-hydrogen) atoms. The van der Waals surface area contributed by atoms with E-state index in [2.05, 4.69) is 5.32 Å². The lowest BCUT2D eigenvalue weighted by Crippen LogP contribution is -2.38. The van der Waals surface area contributed by atoms with Crippen LogP contribution in [0.1, 0.15) is 23.7 Å². The highest BCUT2D eigenvalue weighted by Gasteiger charge is 2.21. The van der Waals surface area contributed by atoms with Gasteiger partial charge in [0.2, 0.25) is 5.91 Å². The summed E-state index contributed by atoms with van der Waals surface area (Å²) in [6.07, 6.45) is 0.707. The highest BCUT2D eigenvalue weighted by atomic mass is 35.5. The molecule has 0 bridgehead atoms. The van der Waals surface area contributed by atoms with Crippen LogP contribution in [0, 0.1) is 0 Å². The summed E-state index contributed by atoms with van der Waals surface area (Å²) in [4.78, 5) is 26.7. The van der Waals surface area contributed by atoms with Gasteiger partial charge in [0.15, 0.2) is 0 Å². The number of anilines is 1. The van der Waals surface area contributed by atoms with Crippen molar-refractivity contribution in [3.8, 4) is 5.75 Å². The van der Waals surface area contributed by atoms with Gasteiger partial charge in [0.05, 0.1) is 23.4 Å². The maximum atomic E-state index is 12.8. The predicted molar refractivity (Wildman–Crippen MR) is 104 cm³/mol. The first-order valence-corrected chi connectivity index (χ1v) is 8.89. The highest BCUT2D eigenvalue weighted by molar-refractivity contribution is 6.36. The quantitative estimate of drug-likeness (QED) is 0.752. The third-order valence-corrected chi connectivity index (χ3v) is 4.21. The van der Waals surface area contributed by atoms with Crippen molar-refractivity contribution in [2.45, 2.75) is 13.3 Å². The number of carbonyl (C=O) groups is 2. The van der Waals surface area contributed by atoms with Gasteiger partial charge < -0.3 is 15.0 Å². The summed E-state index contributed by atoms with van der Waals surface area (Å²) in [5, 5.41) is 3.47. The van der Waals surface area contributed by atoms with E-state index in [1.54, 1.807) is 30.3 Å². The van der Waals surface area contributed by atoms with Gasteiger partial charge in [0, 0.05) is 11.6 Å². The van der Waals surface area contributed by atoms with Gasteiger partial charge in [-0.05, 0) is 36.8 Å². The molecule has 0 aromatic heterocycles. The summed E-state index contributed by atoms with van der Waals surface area (Å²) in [7, 11) is 1.53. The van der Waals surface area contributed by atoms with Crippen LogP contribution in [0.2, 0.25) is 10.0 Å². The average molecular weight is 395 g/mol. The Bertz CT molecular complexity index is 796. The van der Waals surface area contributed by atoms with Crippen LogP contribution in [0.25, 0.3) is 0 Å². The summed E-state index contributed by atoms with van der Waals surface area (Å²) in [5.41, 5.74) is 0.864. The number of methoxy groups -OCH3 is 1. The molecule has 0 saturated heterocycles. The summed E-state index contributed by atoms with van der Waals surface area (Å²) in [6, 6.07) is 11.8. The number of halogens is 2. The minimum absolute atomic E-state index is 0.0936. The van der Waals surface area contributed by atoms with Crippen molar-refractivity contribution in [2.24, 2.45) is 0 Å². The Labute approximate surface area is 162 Å². The number of hydrogen-bond donors (Lipinski definition) is 1. The number of nitrogens with zero attached hydrogens (tertiary/aromatic N) is 1. The fraction of sp³-hybridized carbons (Fsp3) is 0.263. The Morgan fingerprint density at radius 1 is 1.15 bits per heavy atom. The molecule has 2 rings (SSSR count). The standard InChI is InChI=1S/C19H20Cl2N2O3/c1-3-10-23(19(25)14-9-8-13(20)11-15(14)21)12-18(24)22-16-6-4-5-7-17(16)26-2/h4-9,11H,3,10,12H2,1-2H3,(H,22,24). The fourth-order valence-electron chi connectivity index (χ4n) is 2.47. The van der Waals surface area contributed by atoms with Crippen molar-refractivity contribution in [1.82, 2.24) is 4.90 Å². The Balaban J connectivity index is 2.14. The summed E-state index contributed by atoms with van der Waals surface area (Å²) in [6.45, 7) is 2.27. The molecule has 0 aliphatic heterocycles. The first kappa shape index (κ1) is 20.1. The molecule has 0 saturated carbocycles. The minimum atomic E-state index is -0.318. The minimum Gasteiger partial charge on any atom is -0.495 e. The molecule has 138 valence electrons. The van der Waals surface area contributed by atoms with Crippen LogP contribution in [0.3, 0.4) is 0 Å². The molecule has 0 aliphatic carbocycles. The van der Waals surface area contributed by atoms with Gasteiger partial charge in [-0.15, -0.1) is 0 Å². The van der Waals surface area contributed by atoms with Crippen LogP contribution >= 0.6 is 23.2 Å². The SMILES string of the molecule is CCCN(CC(=O)Nc1ccccc1OC)C(=O)c1ccc(Cl)cc1Cl. The molecule has 7 heteroatoms. The zero-order chi connectivity index (χ0) is 19.1. The van der Waals surface area contributed by atoms with E-state index in [1.807, 2.05) is 13.0 Å². The van der Waals surface area contributed by atoms with E-state index >= 15 is 0 Å². The van der Waals surface area contributed by atoms with Crippen molar-refractivity contribution in [1.29, 1.82) is 0 Å². The highest BCUT2D eigenvalue weighted by Crippen LogP contribution is 2.24. The van der Waals surface area contributed by atoms with E-state index in [9.17, 15) is 9.59 Å². The number of rotatable bonds is 7. The molecule has 2 amide bonds. The predicted octanol–water partition coefficient (Wildman–Crippen LogP) is 4.49. The lowest BCUT2D eigenvalue weighted by Gasteiger charge is -2.22. The van der Waals surface area contributed by atoms with Gasteiger partial charge >= 0.3 is 0 Å². The van der Waals surface area contributed by atoms with Crippen molar-refractivity contribution < 1.29 is 14.3 Å². The molecule has 2 aromatic carbocycles. The fourth-order valence-corrected chi connectivity index (χ4v) is 2.96. The molecule has 0 atom stereocenters. The maximum Gasteiger partial charge on any atom is 0.255 e. The van der Waals surface area contributed by atoms with E-state index in [4.69, 9.17) is 27.9 Å². The molecule has 0 fully saturated rings. The largest absolute Gasteiger partial charge is 0.495 e. The number of carbonyl (C=O) groups excluding carboxylic acids is 2. The Morgan fingerprint density at radius 2 is 1.88 bits per heavy atom. The molecule has 1 N–H and O–H groups in total. The van der Waals surface area contributed by atoms with Gasteiger partial charge in [0.25, 0.3) is 5.91 Å². The summed E-state index contributed by atoms with van der Waals surface area (Å²) >= 11 is 12.0. The Kier molecular flexibility index (Phi) is 7.30. The molecule has 0 aliphatic rings. The van der Waals surface area contributed by atoms with Gasteiger partial charge in [-0.1, -0.05) is 42.3 Å². The number of hydrogen-bond acceptors (Lipinski definition) is 3. The normalized spacial score (nSPS) is 10.3. The molecule has 0 heterocycles. The van der Waals surface area contributed by atoms with E-state index in [-0.39, 0.29) is 23.4 Å². The van der Waals surface area contributed by atoms with E-state index in [0.29, 0.717) is 35.0 Å². The van der Waals surface area contributed by atoms with Crippen molar-refractivity contribution in [2.75, 3.05) is 25.5 Å². The number of benzene rings is 2. The van der Waals surface area contributed by atoms with E-state index < -0.39 is 0 Å². The molecular formula is C19H20Cl2N2O3. The number of ether oxygens (including phenoxy) is 1. The first-order chi connectivity index (χ1) is 12.5. The smallest absolute Gasteiger partial charge is 0.255 e. The summed E-state index contributed by atoms with van der Waals surface area (Å²) in [5.74, 6) is -0.0833. The zero-order valence-corrected chi connectivity index (χ0v) is 16.1.